The average molecular weight is 430 g/mol. The molecule has 0 radical (unpaired) electrons. The molecule has 1 atom stereocenters. The molecule has 7 heteroatoms. The van der Waals surface area contributed by atoms with Crippen LogP contribution in [0, 0.1) is 0 Å². The summed E-state index contributed by atoms with van der Waals surface area (Å²) in [5.41, 5.74) is 1.47. The molecule has 152 valence electrons. The third kappa shape index (κ3) is 4.57. The molecule has 1 fully saturated rings. The van der Waals surface area contributed by atoms with Gasteiger partial charge in [-0.25, -0.2) is 0 Å². The van der Waals surface area contributed by atoms with Crippen molar-refractivity contribution < 1.29 is 19.0 Å². The smallest absolute Gasteiger partial charge is 0.270 e. The minimum atomic E-state index is -0.177. The molecule has 5 nitrogen and oxygen atoms in total. The summed E-state index contributed by atoms with van der Waals surface area (Å²) in [5, 5.41) is 0. The van der Waals surface area contributed by atoms with Crippen LogP contribution in [0.15, 0.2) is 47.4 Å². The van der Waals surface area contributed by atoms with Crippen LogP contribution in [0.1, 0.15) is 25.8 Å². The van der Waals surface area contributed by atoms with Crippen molar-refractivity contribution >= 4 is 46.0 Å². The van der Waals surface area contributed by atoms with Crippen LogP contribution in [0.25, 0.3) is 6.08 Å². The fourth-order valence-electron chi connectivity index (χ4n) is 2.81. The van der Waals surface area contributed by atoms with Crippen molar-refractivity contribution in [2.75, 3.05) is 19.1 Å². The van der Waals surface area contributed by atoms with Gasteiger partial charge in [-0.3, -0.25) is 9.69 Å². The second kappa shape index (κ2) is 9.33. The van der Waals surface area contributed by atoms with Crippen LogP contribution < -0.4 is 19.1 Å². The highest BCUT2D eigenvalue weighted by Gasteiger charge is 2.34. The largest absolute Gasteiger partial charge is 0.495 e. The van der Waals surface area contributed by atoms with Crippen LogP contribution in [-0.2, 0) is 4.79 Å². The quantitative estimate of drug-likeness (QED) is 0.440. The lowest BCUT2D eigenvalue weighted by Gasteiger charge is -2.17. The summed E-state index contributed by atoms with van der Waals surface area (Å²) in [5.74, 6) is 1.72. The number of thioether (sulfide) groups is 1. The highest BCUT2D eigenvalue weighted by Crippen LogP contribution is 2.40. The predicted octanol–water partition coefficient (Wildman–Crippen LogP) is 5.29. The van der Waals surface area contributed by atoms with Gasteiger partial charge >= 0.3 is 0 Å². The molecule has 0 aliphatic carbocycles. The van der Waals surface area contributed by atoms with Gasteiger partial charge in [-0.1, -0.05) is 49.1 Å². The molecule has 1 amide bonds. The summed E-state index contributed by atoms with van der Waals surface area (Å²) < 4.78 is 17.2. The Morgan fingerprint density at radius 3 is 2.52 bits per heavy atom. The van der Waals surface area contributed by atoms with E-state index < -0.39 is 0 Å². The minimum Gasteiger partial charge on any atom is -0.495 e. The maximum Gasteiger partial charge on any atom is 0.270 e. The van der Waals surface area contributed by atoms with E-state index in [1.165, 1.54) is 16.7 Å². The molecule has 3 rings (SSSR count). The zero-order valence-electron chi connectivity index (χ0n) is 16.8. The van der Waals surface area contributed by atoms with Gasteiger partial charge in [-0.05, 0) is 49.2 Å². The number of para-hydroxylation sites is 2. The van der Waals surface area contributed by atoms with Crippen LogP contribution in [0.2, 0.25) is 0 Å². The Kier molecular flexibility index (Phi) is 6.82. The number of anilines is 1. The van der Waals surface area contributed by atoms with Crippen LogP contribution >= 0.6 is 24.0 Å². The molecule has 0 saturated carbocycles. The number of nitrogens with zero attached hydrogens (tertiary/aromatic N) is 1. The second-order valence-electron chi connectivity index (χ2n) is 6.44. The minimum absolute atomic E-state index is 0.0897. The van der Waals surface area contributed by atoms with Crippen molar-refractivity contribution in [2.45, 2.75) is 26.4 Å². The molecule has 0 spiro atoms. The molecule has 1 heterocycles. The Bertz CT molecular complexity index is 958. The maximum atomic E-state index is 13.0. The zero-order chi connectivity index (χ0) is 21.0. The van der Waals surface area contributed by atoms with E-state index in [0.717, 1.165) is 12.0 Å². The molecule has 2 aromatic carbocycles. The molecular formula is C22H23NO4S2. The molecule has 0 aromatic heterocycles. The van der Waals surface area contributed by atoms with Crippen molar-refractivity contribution in [3.8, 4) is 17.2 Å². The first-order valence-electron chi connectivity index (χ1n) is 9.24. The Hall–Kier alpha value is -2.51. The first-order chi connectivity index (χ1) is 14.0. The third-order valence-corrected chi connectivity index (χ3v) is 5.81. The summed E-state index contributed by atoms with van der Waals surface area (Å²) in [6.45, 7) is 4.08. The van der Waals surface area contributed by atoms with E-state index >= 15 is 0 Å². The summed E-state index contributed by atoms with van der Waals surface area (Å²) in [6.07, 6.45) is 2.80. The summed E-state index contributed by atoms with van der Waals surface area (Å²) in [7, 11) is 3.17. The molecule has 1 aliphatic heterocycles. The van der Waals surface area contributed by atoms with Crippen molar-refractivity contribution in [3.05, 3.63) is 52.9 Å². The second-order valence-corrected chi connectivity index (χ2v) is 8.11. The van der Waals surface area contributed by atoms with Crippen LogP contribution in [0.5, 0.6) is 17.2 Å². The normalized spacial score (nSPS) is 16.3. The SMILES string of the molecule is CC[C@H](C)Oc1ccc(/C=C2\SC(=S)N(c3ccccc3OC)C2=O)cc1OC. The highest BCUT2D eigenvalue weighted by molar-refractivity contribution is 8.27. The predicted molar refractivity (Wildman–Crippen MR) is 122 cm³/mol. The number of benzene rings is 2. The van der Waals surface area contributed by atoms with Crippen LogP contribution in [0.4, 0.5) is 5.69 Å². The first kappa shape index (κ1) is 21.2. The Morgan fingerprint density at radius 2 is 1.83 bits per heavy atom. The van der Waals surface area contributed by atoms with Gasteiger partial charge in [0.1, 0.15) is 5.75 Å². The van der Waals surface area contributed by atoms with E-state index in [1.54, 1.807) is 20.3 Å². The van der Waals surface area contributed by atoms with Gasteiger partial charge in [-0.2, -0.15) is 0 Å². The third-order valence-electron chi connectivity index (χ3n) is 4.51. The van der Waals surface area contributed by atoms with Crippen molar-refractivity contribution in [1.82, 2.24) is 0 Å². The van der Waals surface area contributed by atoms with E-state index in [1.807, 2.05) is 49.4 Å². The molecule has 29 heavy (non-hydrogen) atoms. The standard InChI is InChI=1S/C22H23NO4S2/c1-5-14(2)27-18-11-10-15(12-19(18)26-4)13-20-21(24)23(22(28)29-20)16-8-6-7-9-17(16)25-3/h6-14H,5H2,1-4H3/b20-13-/t14-/m0/s1. The fourth-order valence-corrected chi connectivity index (χ4v) is 4.10. The molecule has 0 bridgehead atoms. The number of rotatable bonds is 7. The van der Waals surface area contributed by atoms with Gasteiger partial charge in [0.25, 0.3) is 5.91 Å². The number of thiocarbonyl (C=S) groups is 1. The molecule has 0 unspecified atom stereocenters. The molecule has 1 saturated heterocycles. The number of carbonyl (C=O) groups is 1. The average Bonchev–Trinajstić information content (AvgIpc) is 3.01. The van der Waals surface area contributed by atoms with Gasteiger partial charge < -0.3 is 14.2 Å². The van der Waals surface area contributed by atoms with E-state index in [9.17, 15) is 4.79 Å². The molecule has 1 aliphatic rings. The van der Waals surface area contributed by atoms with Gasteiger partial charge in [0, 0.05) is 0 Å². The Balaban J connectivity index is 1.89. The van der Waals surface area contributed by atoms with Crippen molar-refractivity contribution in [3.63, 3.8) is 0 Å². The molecule has 0 N–H and O–H groups in total. The van der Waals surface area contributed by atoms with Gasteiger partial charge in [0.2, 0.25) is 0 Å². The summed E-state index contributed by atoms with van der Waals surface area (Å²) >= 11 is 6.72. The number of ether oxygens (including phenoxy) is 3. The van der Waals surface area contributed by atoms with Crippen LogP contribution in [0.3, 0.4) is 0 Å². The van der Waals surface area contributed by atoms with E-state index in [-0.39, 0.29) is 12.0 Å². The number of amides is 1. The highest BCUT2D eigenvalue weighted by atomic mass is 32.2. The Morgan fingerprint density at radius 1 is 1.10 bits per heavy atom. The maximum absolute atomic E-state index is 13.0. The number of carbonyl (C=O) groups excluding carboxylic acids is 1. The fraction of sp³-hybridized carbons (Fsp3) is 0.273. The van der Waals surface area contributed by atoms with Gasteiger partial charge in [-0.15, -0.1) is 0 Å². The lowest BCUT2D eigenvalue weighted by molar-refractivity contribution is -0.113. The summed E-state index contributed by atoms with van der Waals surface area (Å²) in [4.78, 5) is 15.1. The first-order valence-corrected chi connectivity index (χ1v) is 10.5. The molecular weight excluding hydrogens is 406 g/mol. The van der Waals surface area contributed by atoms with E-state index in [2.05, 4.69) is 6.92 Å². The lowest BCUT2D eigenvalue weighted by Crippen LogP contribution is -2.27. The number of methoxy groups -OCH3 is 2. The van der Waals surface area contributed by atoms with E-state index in [0.29, 0.717) is 32.2 Å². The summed E-state index contributed by atoms with van der Waals surface area (Å²) in [6, 6.07) is 12.9. The number of hydrogen-bond acceptors (Lipinski definition) is 6. The van der Waals surface area contributed by atoms with E-state index in [4.69, 9.17) is 26.4 Å². The topological polar surface area (TPSA) is 48.0 Å². The van der Waals surface area contributed by atoms with Gasteiger partial charge in [0.05, 0.1) is 30.9 Å². The molecule has 2 aromatic rings. The Labute approximate surface area is 180 Å². The zero-order valence-corrected chi connectivity index (χ0v) is 18.4. The van der Waals surface area contributed by atoms with Gasteiger partial charge in [0.15, 0.2) is 15.8 Å². The lowest BCUT2D eigenvalue weighted by atomic mass is 10.1. The monoisotopic (exact) mass is 429 g/mol. The van der Waals surface area contributed by atoms with Crippen LogP contribution in [-0.4, -0.2) is 30.6 Å². The van der Waals surface area contributed by atoms with Crippen molar-refractivity contribution in [2.24, 2.45) is 0 Å². The number of hydrogen-bond donors (Lipinski definition) is 0. The van der Waals surface area contributed by atoms with Crippen molar-refractivity contribution in [1.29, 1.82) is 0 Å².